The molecule has 0 saturated heterocycles. The highest BCUT2D eigenvalue weighted by Gasteiger charge is 2.17. The lowest BCUT2D eigenvalue weighted by Gasteiger charge is -2.10. The lowest BCUT2D eigenvalue weighted by atomic mass is 10.1. The van der Waals surface area contributed by atoms with E-state index in [1.165, 1.54) is 0 Å². The monoisotopic (exact) mass is 180 g/mol. The molecule has 1 aromatic rings. The second-order valence-electron chi connectivity index (χ2n) is 2.85. The van der Waals surface area contributed by atoms with Crippen molar-refractivity contribution >= 4 is 5.91 Å². The molecule has 72 valence electrons. The van der Waals surface area contributed by atoms with Gasteiger partial charge in [-0.15, -0.1) is 0 Å². The first-order valence-corrected chi connectivity index (χ1v) is 4.74. The molecule has 1 aliphatic rings. The summed E-state index contributed by atoms with van der Waals surface area (Å²) < 4.78 is 0. The molecule has 0 atom stereocenters. The van der Waals surface area contributed by atoms with E-state index in [4.69, 9.17) is 0 Å². The summed E-state index contributed by atoms with van der Waals surface area (Å²) >= 11 is 0. The van der Waals surface area contributed by atoms with Crippen LogP contribution < -0.4 is 5.32 Å². The summed E-state index contributed by atoms with van der Waals surface area (Å²) in [4.78, 5) is 14.3. The number of hydrogen-bond acceptors (Lipinski definition) is 1. The number of H-pyrrole nitrogens is 1. The molecule has 0 spiro atoms. The molecule has 2 rings (SSSR count). The molecule has 3 nitrogen and oxygen atoms in total. The highest BCUT2D eigenvalue weighted by atomic mass is 16.1. The normalized spacial score (nSPS) is 13.9. The first kappa shape index (κ1) is 9.84. The first-order valence-electron chi connectivity index (χ1n) is 4.74. The third-order valence-electron chi connectivity index (χ3n) is 1.94. The van der Waals surface area contributed by atoms with Gasteiger partial charge in [-0.2, -0.15) is 0 Å². The topological polar surface area (TPSA) is 44.9 Å². The SMILES string of the molecule is CC.Cc1cc2c([nH]1)CCNC2=O. The molecule has 3 heteroatoms. The summed E-state index contributed by atoms with van der Waals surface area (Å²) in [7, 11) is 0. The molecule has 0 aliphatic carbocycles. The Labute approximate surface area is 78.5 Å². The summed E-state index contributed by atoms with van der Waals surface area (Å²) in [5.74, 6) is 0.0515. The van der Waals surface area contributed by atoms with E-state index in [-0.39, 0.29) is 5.91 Å². The van der Waals surface area contributed by atoms with Gasteiger partial charge in [0.1, 0.15) is 0 Å². The number of carbonyl (C=O) groups excluding carboxylic acids is 1. The van der Waals surface area contributed by atoms with E-state index in [9.17, 15) is 4.79 Å². The van der Waals surface area contributed by atoms with Crippen LogP contribution in [0.5, 0.6) is 0 Å². The third-order valence-corrected chi connectivity index (χ3v) is 1.94. The minimum absolute atomic E-state index is 0.0515. The smallest absolute Gasteiger partial charge is 0.253 e. The molecule has 2 heterocycles. The van der Waals surface area contributed by atoms with Crippen molar-refractivity contribution in [3.63, 3.8) is 0 Å². The van der Waals surface area contributed by atoms with Crippen molar-refractivity contribution in [2.45, 2.75) is 27.2 Å². The predicted molar refractivity (Wildman–Crippen MR) is 52.9 cm³/mol. The molecular weight excluding hydrogens is 164 g/mol. The minimum atomic E-state index is 0.0515. The van der Waals surface area contributed by atoms with Crippen LogP contribution >= 0.6 is 0 Å². The zero-order chi connectivity index (χ0) is 9.84. The highest BCUT2D eigenvalue weighted by Crippen LogP contribution is 2.13. The van der Waals surface area contributed by atoms with Gasteiger partial charge < -0.3 is 10.3 Å². The maximum atomic E-state index is 11.2. The molecule has 2 N–H and O–H groups in total. The maximum Gasteiger partial charge on any atom is 0.253 e. The van der Waals surface area contributed by atoms with Crippen molar-refractivity contribution in [1.82, 2.24) is 10.3 Å². The molecule has 0 saturated carbocycles. The van der Waals surface area contributed by atoms with Crippen LogP contribution in [0.15, 0.2) is 6.07 Å². The number of aryl methyl sites for hydroxylation is 1. The fourth-order valence-corrected chi connectivity index (χ4v) is 1.44. The summed E-state index contributed by atoms with van der Waals surface area (Å²) in [6, 6.07) is 1.89. The van der Waals surface area contributed by atoms with Gasteiger partial charge in [-0.3, -0.25) is 4.79 Å². The summed E-state index contributed by atoms with van der Waals surface area (Å²) in [5, 5.41) is 2.79. The van der Waals surface area contributed by atoms with Gasteiger partial charge in [-0.05, 0) is 13.0 Å². The van der Waals surface area contributed by atoms with E-state index >= 15 is 0 Å². The number of carbonyl (C=O) groups is 1. The van der Waals surface area contributed by atoms with Gasteiger partial charge in [-0.25, -0.2) is 0 Å². The fourth-order valence-electron chi connectivity index (χ4n) is 1.44. The summed E-state index contributed by atoms with van der Waals surface area (Å²) in [6.45, 7) is 6.72. The van der Waals surface area contributed by atoms with Gasteiger partial charge in [0.25, 0.3) is 5.91 Å². The van der Waals surface area contributed by atoms with Crippen LogP contribution in [0.3, 0.4) is 0 Å². The fraction of sp³-hybridized carbons (Fsp3) is 0.500. The van der Waals surface area contributed by atoms with E-state index in [0.29, 0.717) is 0 Å². The number of fused-ring (bicyclic) bond motifs is 1. The van der Waals surface area contributed by atoms with Crippen LogP contribution in [0.25, 0.3) is 0 Å². The quantitative estimate of drug-likeness (QED) is 0.626. The molecule has 0 bridgehead atoms. The third kappa shape index (κ3) is 1.91. The minimum Gasteiger partial charge on any atom is -0.362 e. The van der Waals surface area contributed by atoms with Gasteiger partial charge in [0, 0.05) is 24.4 Å². The van der Waals surface area contributed by atoms with Crippen LogP contribution in [0.4, 0.5) is 0 Å². The number of amides is 1. The number of rotatable bonds is 0. The zero-order valence-corrected chi connectivity index (χ0v) is 8.40. The van der Waals surface area contributed by atoms with Gasteiger partial charge in [0.2, 0.25) is 0 Å². The Morgan fingerprint density at radius 3 is 2.69 bits per heavy atom. The number of aromatic nitrogens is 1. The van der Waals surface area contributed by atoms with Crippen molar-refractivity contribution < 1.29 is 4.79 Å². The Kier molecular flexibility index (Phi) is 3.12. The Morgan fingerprint density at radius 1 is 1.38 bits per heavy atom. The van der Waals surface area contributed by atoms with Gasteiger partial charge >= 0.3 is 0 Å². The van der Waals surface area contributed by atoms with Crippen molar-refractivity contribution in [3.8, 4) is 0 Å². The molecule has 1 aliphatic heterocycles. The van der Waals surface area contributed by atoms with Gasteiger partial charge in [-0.1, -0.05) is 13.8 Å². The van der Waals surface area contributed by atoms with Gasteiger partial charge in [0.15, 0.2) is 0 Å². The summed E-state index contributed by atoms with van der Waals surface area (Å²) in [5.41, 5.74) is 2.95. The Balaban J connectivity index is 0.000000396. The average Bonchev–Trinajstić information content (AvgIpc) is 2.51. The average molecular weight is 180 g/mol. The van der Waals surface area contributed by atoms with Crippen molar-refractivity contribution in [1.29, 1.82) is 0 Å². The maximum absolute atomic E-state index is 11.2. The van der Waals surface area contributed by atoms with Crippen molar-refractivity contribution in [2.75, 3.05) is 6.54 Å². The first-order chi connectivity index (χ1) is 6.27. The Bertz CT molecular complexity index is 302. The standard InChI is InChI=1S/C8H10N2O.C2H6/c1-5-4-6-7(10-5)2-3-9-8(6)11;1-2/h4,10H,2-3H2,1H3,(H,9,11);1-2H3. The molecule has 13 heavy (non-hydrogen) atoms. The molecule has 0 radical (unpaired) electrons. The molecule has 0 aromatic carbocycles. The van der Waals surface area contributed by atoms with E-state index < -0.39 is 0 Å². The number of nitrogens with one attached hydrogen (secondary N) is 2. The second-order valence-corrected chi connectivity index (χ2v) is 2.85. The highest BCUT2D eigenvalue weighted by molar-refractivity contribution is 5.96. The van der Waals surface area contributed by atoms with E-state index in [0.717, 1.165) is 29.9 Å². The van der Waals surface area contributed by atoms with Crippen molar-refractivity contribution in [2.24, 2.45) is 0 Å². The van der Waals surface area contributed by atoms with Crippen molar-refractivity contribution in [3.05, 3.63) is 23.0 Å². The van der Waals surface area contributed by atoms with Crippen LogP contribution in [-0.4, -0.2) is 17.4 Å². The molecule has 1 aromatic heterocycles. The van der Waals surface area contributed by atoms with Crippen LogP contribution in [-0.2, 0) is 6.42 Å². The number of aromatic amines is 1. The zero-order valence-electron chi connectivity index (χ0n) is 8.40. The lowest BCUT2D eigenvalue weighted by Crippen LogP contribution is -2.31. The predicted octanol–water partition coefficient (Wildman–Crippen LogP) is 1.64. The molecule has 0 fully saturated rings. The largest absolute Gasteiger partial charge is 0.362 e. The second kappa shape index (κ2) is 4.12. The molecular formula is C10H16N2O. The summed E-state index contributed by atoms with van der Waals surface area (Å²) in [6.07, 6.45) is 0.926. The van der Waals surface area contributed by atoms with E-state index in [1.54, 1.807) is 0 Å². The number of hydrogen-bond donors (Lipinski definition) is 2. The van der Waals surface area contributed by atoms with Gasteiger partial charge in [0.05, 0.1) is 5.56 Å². The van der Waals surface area contributed by atoms with E-state index in [2.05, 4.69) is 10.3 Å². The molecule has 0 unspecified atom stereocenters. The Hall–Kier alpha value is -1.25. The lowest BCUT2D eigenvalue weighted by molar-refractivity contribution is 0.0946. The Morgan fingerprint density at radius 2 is 2.08 bits per heavy atom. The molecule has 1 amide bonds. The van der Waals surface area contributed by atoms with Crippen LogP contribution in [0, 0.1) is 6.92 Å². The van der Waals surface area contributed by atoms with E-state index in [1.807, 2.05) is 26.8 Å². The van der Waals surface area contributed by atoms with Crippen LogP contribution in [0.1, 0.15) is 35.6 Å². The van der Waals surface area contributed by atoms with Crippen LogP contribution in [0.2, 0.25) is 0 Å².